The molecule has 2 aliphatic rings. The zero-order valence-corrected chi connectivity index (χ0v) is 13.9. The summed E-state index contributed by atoms with van der Waals surface area (Å²) in [5.41, 5.74) is 4.68. The predicted molar refractivity (Wildman–Crippen MR) is 90.1 cm³/mol. The van der Waals surface area contributed by atoms with Crippen molar-refractivity contribution in [1.82, 2.24) is 9.97 Å². The molecule has 23 heavy (non-hydrogen) atoms. The highest BCUT2D eigenvalue weighted by Crippen LogP contribution is 2.41. The molecule has 1 aliphatic heterocycles. The number of fused-ring (bicyclic) bond motifs is 1. The lowest BCUT2D eigenvalue weighted by Crippen LogP contribution is -2.23. The Labute approximate surface area is 140 Å². The number of halogens is 2. The van der Waals surface area contributed by atoms with E-state index >= 15 is 0 Å². The average molecular weight is 332 g/mol. The first kappa shape index (κ1) is 14.9. The Morgan fingerprint density at radius 1 is 1.17 bits per heavy atom. The van der Waals surface area contributed by atoms with E-state index in [4.69, 9.17) is 11.6 Å². The van der Waals surface area contributed by atoms with E-state index in [0.717, 1.165) is 29.9 Å². The van der Waals surface area contributed by atoms with Gasteiger partial charge in [-0.1, -0.05) is 29.8 Å². The summed E-state index contributed by atoms with van der Waals surface area (Å²) in [5, 5.41) is 0.264. The fourth-order valence-corrected chi connectivity index (χ4v) is 3.88. The molecule has 2 heterocycles. The molecule has 1 unspecified atom stereocenters. The lowest BCUT2D eigenvalue weighted by atomic mass is 9.96. The highest BCUT2D eigenvalue weighted by Gasteiger charge is 2.33. The van der Waals surface area contributed by atoms with Crippen LogP contribution in [0, 0.1) is 6.92 Å². The number of benzene rings is 1. The minimum atomic E-state index is -0.770. The molecule has 0 spiro atoms. The highest BCUT2D eigenvalue weighted by molar-refractivity contribution is 6.28. The molecular weight excluding hydrogens is 313 g/mol. The average Bonchev–Trinajstić information content (AvgIpc) is 3.14. The number of rotatable bonds is 2. The molecule has 0 bridgehead atoms. The number of aromatic nitrogens is 2. The van der Waals surface area contributed by atoms with Crippen LogP contribution in [0.1, 0.15) is 41.1 Å². The van der Waals surface area contributed by atoms with E-state index in [1.165, 1.54) is 11.1 Å². The van der Waals surface area contributed by atoms with Crippen molar-refractivity contribution >= 4 is 17.4 Å². The molecule has 1 aliphatic carbocycles. The largest absolute Gasteiger partial charge is 0.353 e. The number of aryl methyl sites for hydroxylation is 1. The van der Waals surface area contributed by atoms with Gasteiger partial charge in [0.15, 0.2) is 0 Å². The van der Waals surface area contributed by atoms with Crippen molar-refractivity contribution in [1.29, 1.82) is 0 Å². The highest BCUT2D eigenvalue weighted by atomic mass is 35.5. The Balaban J connectivity index is 1.74. The van der Waals surface area contributed by atoms with Crippen LogP contribution in [0.3, 0.4) is 0 Å². The number of hydrogen-bond acceptors (Lipinski definition) is 3. The first-order valence-corrected chi connectivity index (χ1v) is 8.51. The molecule has 1 saturated heterocycles. The molecule has 3 nitrogen and oxygen atoms in total. The van der Waals surface area contributed by atoms with Crippen molar-refractivity contribution in [3.8, 4) is 0 Å². The van der Waals surface area contributed by atoms with E-state index in [-0.39, 0.29) is 11.2 Å². The minimum Gasteiger partial charge on any atom is -0.353 e. The molecule has 120 valence electrons. The van der Waals surface area contributed by atoms with Gasteiger partial charge in [-0.2, -0.15) is 0 Å². The van der Waals surface area contributed by atoms with E-state index in [1.807, 2.05) is 4.90 Å². The van der Waals surface area contributed by atoms with Gasteiger partial charge in [0.05, 0.1) is 12.2 Å². The molecule has 0 amide bonds. The van der Waals surface area contributed by atoms with Crippen molar-refractivity contribution in [2.45, 2.75) is 38.3 Å². The molecule has 1 fully saturated rings. The van der Waals surface area contributed by atoms with Crippen molar-refractivity contribution in [3.63, 3.8) is 0 Å². The van der Waals surface area contributed by atoms with Gasteiger partial charge in [0.2, 0.25) is 5.28 Å². The molecule has 1 aromatic heterocycles. The van der Waals surface area contributed by atoms with E-state index in [1.54, 1.807) is 0 Å². The maximum absolute atomic E-state index is 13.6. The third-order valence-corrected chi connectivity index (χ3v) is 5.08. The van der Waals surface area contributed by atoms with Crippen molar-refractivity contribution in [3.05, 3.63) is 51.9 Å². The van der Waals surface area contributed by atoms with Gasteiger partial charge < -0.3 is 4.90 Å². The quantitative estimate of drug-likeness (QED) is 0.777. The molecule has 2 atom stereocenters. The molecule has 2 aromatic rings. The van der Waals surface area contributed by atoms with Crippen LogP contribution in [0.5, 0.6) is 0 Å². The van der Waals surface area contributed by atoms with Crippen LogP contribution < -0.4 is 4.90 Å². The summed E-state index contributed by atoms with van der Waals surface area (Å²) in [6, 6.07) is 8.59. The summed E-state index contributed by atoms with van der Waals surface area (Å²) in [6.45, 7) is 3.20. The molecule has 0 N–H and O–H groups in total. The fourth-order valence-electron chi connectivity index (χ4n) is 3.71. The maximum atomic E-state index is 13.6. The van der Waals surface area contributed by atoms with E-state index in [9.17, 15) is 4.39 Å². The molecular formula is C18H19ClFN3. The number of anilines is 1. The first-order chi connectivity index (χ1) is 11.1. The SMILES string of the molecule is Cc1ccc(C2CCc3c2nc(Cl)nc3N2CC[C@H](F)C2)cc1. The summed E-state index contributed by atoms with van der Waals surface area (Å²) < 4.78 is 13.6. The fraction of sp³-hybridized carbons (Fsp3) is 0.444. The Kier molecular flexibility index (Phi) is 3.72. The van der Waals surface area contributed by atoms with Crippen molar-refractivity contribution in [2.24, 2.45) is 0 Å². The van der Waals surface area contributed by atoms with Crippen molar-refractivity contribution in [2.75, 3.05) is 18.0 Å². The van der Waals surface area contributed by atoms with Crippen LogP contribution in [0.25, 0.3) is 0 Å². The summed E-state index contributed by atoms with van der Waals surface area (Å²) in [7, 11) is 0. The summed E-state index contributed by atoms with van der Waals surface area (Å²) in [4.78, 5) is 11.0. The molecule has 4 rings (SSSR count). The predicted octanol–water partition coefficient (Wildman–Crippen LogP) is 4.06. The third kappa shape index (κ3) is 2.69. The van der Waals surface area contributed by atoms with Gasteiger partial charge in [-0.05, 0) is 43.4 Å². The summed E-state index contributed by atoms with van der Waals surface area (Å²) >= 11 is 6.18. The Morgan fingerprint density at radius 2 is 1.96 bits per heavy atom. The maximum Gasteiger partial charge on any atom is 0.224 e. The van der Waals surface area contributed by atoms with Crippen LogP contribution in [0.4, 0.5) is 10.2 Å². The standard InChI is InChI=1S/C18H19ClFN3/c1-11-2-4-12(5-3-11)14-6-7-15-16(14)21-18(19)22-17(15)23-9-8-13(20)10-23/h2-5,13-14H,6-10H2,1H3/t13-,14?/m0/s1. The third-order valence-electron chi connectivity index (χ3n) is 4.91. The topological polar surface area (TPSA) is 29.0 Å². The molecule has 5 heteroatoms. The molecule has 0 radical (unpaired) electrons. The van der Waals surface area contributed by atoms with Crippen LogP contribution in [0.15, 0.2) is 24.3 Å². The Morgan fingerprint density at radius 3 is 2.65 bits per heavy atom. The number of nitrogens with zero attached hydrogens (tertiary/aromatic N) is 3. The lowest BCUT2D eigenvalue weighted by Gasteiger charge is -2.20. The van der Waals surface area contributed by atoms with Gasteiger partial charge in [-0.25, -0.2) is 14.4 Å². The zero-order valence-electron chi connectivity index (χ0n) is 13.1. The van der Waals surface area contributed by atoms with Gasteiger partial charge >= 0.3 is 0 Å². The Bertz CT molecular complexity index is 732. The van der Waals surface area contributed by atoms with E-state index < -0.39 is 6.17 Å². The lowest BCUT2D eigenvalue weighted by molar-refractivity contribution is 0.364. The molecule has 1 aromatic carbocycles. The van der Waals surface area contributed by atoms with Crippen LogP contribution >= 0.6 is 11.6 Å². The summed E-state index contributed by atoms with van der Waals surface area (Å²) in [6.07, 6.45) is 1.73. The van der Waals surface area contributed by atoms with Gasteiger partial charge in [-0.15, -0.1) is 0 Å². The second kappa shape index (κ2) is 5.75. The zero-order chi connectivity index (χ0) is 16.0. The van der Waals surface area contributed by atoms with E-state index in [2.05, 4.69) is 41.2 Å². The van der Waals surface area contributed by atoms with Crippen LogP contribution in [-0.4, -0.2) is 29.2 Å². The number of hydrogen-bond donors (Lipinski definition) is 0. The Hall–Kier alpha value is -1.68. The van der Waals surface area contributed by atoms with Gasteiger partial charge in [0, 0.05) is 18.0 Å². The monoisotopic (exact) mass is 331 g/mol. The van der Waals surface area contributed by atoms with Crippen LogP contribution in [0.2, 0.25) is 5.28 Å². The van der Waals surface area contributed by atoms with E-state index in [0.29, 0.717) is 19.5 Å². The van der Waals surface area contributed by atoms with Gasteiger partial charge in [-0.3, -0.25) is 0 Å². The molecule has 0 saturated carbocycles. The van der Waals surface area contributed by atoms with Crippen molar-refractivity contribution < 1.29 is 4.39 Å². The second-order valence-corrected chi connectivity index (χ2v) is 6.85. The summed E-state index contributed by atoms with van der Waals surface area (Å²) in [5.74, 6) is 1.10. The second-order valence-electron chi connectivity index (χ2n) is 6.51. The normalized spacial score (nSPS) is 23.3. The van der Waals surface area contributed by atoms with Gasteiger partial charge in [0.25, 0.3) is 0 Å². The smallest absolute Gasteiger partial charge is 0.224 e. The van der Waals surface area contributed by atoms with Crippen LogP contribution in [-0.2, 0) is 6.42 Å². The van der Waals surface area contributed by atoms with Gasteiger partial charge in [0.1, 0.15) is 12.0 Å². The minimum absolute atomic E-state index is 0.258. The number of alkyl halides is 1. The first-order valence-electron chi connectivity index (χ1n) is 8.13.